The van der Waals surface area contributed by atoms with Crippen LogP contribution in [0.25, 0.3) is 10.9 Å². The summed E-state index contributed by atoms with van der Waals surface area (Å²) in [6.07, 6.45) is 1.97. The average Bonchev–Trinajstić information content (AvgIpc) is 2.48. The highest BCUT2D eigenvalue weighted by atomic mass is 14.9. The summed E-state index contributed by atoms with van der Waals surface area (Å²) in [5.41, 5.74) is 7.37. The first-order valence-electron chi connectivity index (χ1n) is 4.08. The summed E-state index contributed by atoms with van der Waals surface area (Å²) in [7, 11) is 1.98. The van der Waals surface area contributed by atoms with Crippen LogP contribution in [0.15, 0.2) is 30.5 Å². The van der Waals surface area contributed by atoms with E-state index in [1.807, 2.05) is 42.1 Å². The smallest absolute Gasteiger partial charge is 0.123 e. The van der Waals surface area contributed by atoms with Gasteiger partial charge in [0.15, 0.2) is 0 Å². The topological polar surface area (TPSA) is 54.8 Å². The van der Waals surface area contributed by atoms with Crippen molar-refractivity contribution in [2.24, 2.45) is 12.8 Å². The van der Waals surface area contributed by atoms with Crippen molar-refractivity contribution < 1.29 is 0 Å². The highest BCUT2D eigenvalue weighted by Gasteiger charge is 2.04. The van der Waals surface area contributed by atoms with Gasteiger partial charge < -0.3 is 10.3 Å². The summed E-state index contributed by atoms with van der Waals surface area (Å²) in [5, 5.41) is 8.43. The molecule has 0 unspecified atom stereocenters. The molecule has 0 fully saturated rings. The Hall–Kier alpha value is -1.77. The second-order valence-corrected chi connectivity index (χ2v) is 3.08. The van der Waals surface area contributed by atoms with Gasteiger partial charge in [-0.15, -0.1) is 0 Å². The molecule has 3 heteroatoms. The molecule has 66 valence electrons. The maximum Gasteiger partial charge on any atom is 0.123 e. The highest BCUT2D eigenvalue weighted by Crippen LogP contribution is 2.18. The maximum atomic E-state index is 7.40. The van der Waals surface area contributed by atoms with Crippen LogP contribution in [0, 0.1) is 5.41 Å². The summed E-state index contributed by atoms with van der Waals surface area (Å²) in [6, 6.07) is 7.78. The highest BCUT2D eigenvalue weighted by molar-refractivity contribution is 6.07. The minimum absolute atomic E-state index is 0.122. The second-order valence-electron chi connectivity index (χ2n) is 3.08. The molecule has 0 bridgehead atoms. The zero-order chi connectivity index (χ0) is 9.42. The fourth-order valence-electron chi connectivity index (χ4n) is 1.54. The van der Waals surface area contributed by atoms with Crippen LogP contribution >= 0.6 is 0 Å². The molecule has 2 rings (SSSR count). The van der Waals surface area contributed by atoms with E-state index in [4.69, 9.17) is 11.1 Å². The van der Waals surface area contributed by atoms with Crippen molar-refractivity contribution in [3.63, 3.8) is 0 Å². The normalized spacial score (nSPS) is 10.5. The number of hydrogen-bond donors (Lipinski definition) is 2. The van der Waals surface area contributed by atoms with Gasteiger partial charge in [-0.2, -0.15) is 0 Å². The van der Waals surface area contributed by atoms with Gasteiger partial charge in [-0.1, -0.05) is 12.1 Å². The first-order valence-corrected chi connectivity index (χ1v) is 4.08. The molecular formula is C10H11N3. The van der Waals surface area contributed by atoms with Crippen LogP contribution in [0.3, 0.4) is 0 Å². The summed E-state index contributed by atoms with van der Waals surface area (Å²) < 4.78 is 2.02. The fraction of sp³-hybridized carbons (Fsp3) is 0.100. The van der Waals surface area contributed by atoms with E-state index >= 15 is 0 Å². The number of nitrogen functional groups attached to an aromatic ring is 1. The maximum absolute atomic E-state index is 7.40. The third kappa shape index (κ3) is 1.09. The van der Waals surface area contributed by atoms with Crippen molar-refractivity contribution in [3.05, 3.63) is 36.0 Å². The molecule has 0 atom stereocenters. The zero-order valence-corrected chi connectivity index (χ0v) is 7.41. The predicted molar refractivity (Wildman–Crippen MR) is 53.9 cm³/mol. The molecule has 0 aliphatic rings. The number of aryl methyl sites for hydroxylation is 1. The molecule has 0 saturated carbocycles. The van der Waals surface area contributed by atoms with Gasteiger partial charge in [0.05, 0.1) is 0 Å². The van der Waals surface area contributed by atoms with Crippen LogP contribution < -0.4 is 5.73 Å². The van der Waals surface area contributed by atoms with Crippen LogP contribution in [0.2, 0.25) is 0 Å². The number of aromatic nitrogens is 1. The van der Waals surface area contributed by atoms with Gasteiger partial charge in [0.1, 0.15) is 5.84 Å². The lowest BCUT2D eigenvalue weighted by atomic mass is 10.1. The fourth-order valence-corrected chi connectivity index (χ4v) is 1.54. The van der Waals surface area contributed by atoms with E-state index in [0.29, 0.717) is 0 Å². The Bertz CT molecular complexity index is 468. The summed E-state index contributed by atoms with van der Waals surface area (Å²) >= 11 is 0. The molecule has 0 aliphatic carbocycles. The van der Waals surface area contributed by atoms with Gasteiger partial charge in [-0.25, -0.2) is 0 Å². The second kappa shape index (κ2) is 2.62. The van der Waals surface area contributed by atoms with E-state index in [-0.39, 0.29) is 5.84 Å². The molecule has 3 nitrogen and oxygen atoms in total. The van der Waals surface area contributed by atoms with E-state index in [2.05, 4.69) is 0 Å². The third-order valence-electron chi connectivity index (χ3n) is 2.22. The number of fused-ring (bicyclic) bond motifs is 1. The summed E-state index contributed by atoms with van der Waals surface area (Å²) in [6.45, 7) is 0. The van der Waals surface area contributed by atoms with Gasteiger partial charge in [0.25, 0.3) is 0 Å². The lowest BCUT2D eigenvalue weighted by Crippen LogP contribution is -2.11. The van der Waals surface area contributed by atoms with Crippen LogP contribution in [-0.4, -0.2) is 10.4 Å². The molecule has 1 aromatic carbocycles. The van der Waals surface area contributed by atoms with Crippen LogP contribution in [0.5, 0.6) is 0 Å². The Morgan fingerprint density at radius 3 is 2.85 bits per heavy atom. The number of nitrogens with one attached hydrogen (secondary N) is 1. The molecule has 0 saturated heterocycles. The summed E-state index contributed by atoms with van der Waals surface area (Å²) in [5.74, 6) is 0.122. The van der Waals surface area contributed by atoms with Crippen LogP contribution in [-0.2, 0) is 7.05 Å². The van der Waals surface area contributed by atoms with Gasteiger partial charge >= 0.3 is 0 Å². The van der Waals surface area contributed by atoms with Crippen molar-refractivity contribution >= 4 is 16.7 Å². The SMILES string of the molecule is Cn1ccc2c(C(=N)N)cccc21. The van der Waals surface area contributed by atoms with E-state index in [0.717, 1.165) is 16.5 Å². The molecule has 0 radical (unpaired) electrons. The first-order chi connectivity index (χ1) is 6.20. The molecule has 3 N–H and O–H groups in total. The Labute approximate surface area is 76.3 Å². The van der Waals surface area contributed by atoms with E-state index in [1.54, 1.807) is 0 Å². The van der Waals surface area contributed by atoms with E-state index in [1.165, 1.54) is 0 Å². The van der Waals surface area contributed by atoms with Gasteiger partial charge in [-0.3, -0.25) is 5.41 Å². The van der Waals surface area contributed by atoms with E-state index < -0.39 is 0 Å². The number of nitrogens with zero attached hydrogens (tertiary/aromatic N) is 1. The molecular weight excluding hydrogens is 162 g/mol. The molecule has 0 amide bonds. The number of benzene rings is 1. The average molecular weight is 173 g/mol. The number of amidine groups is 1. The van der Waals surface area contributed by atoms with Crippen molar-refractivity contribution in [1.82, 2.24) is 4.57 Å². The Kier molecular flexibility index (Phi) is 1.59. The Morgan fingerprint density at radius 1 is 1.38 bits per heavy atom. The van der Waals surface area contributed by atoms with Gasteiger partial charge in [-0.05, 0) is 12.1 Å². The Morgan fingerprint density at radius 2 is 2.15 bits per heavy atom. The first kappa shape index (κ1) is 7.86. The van der Waals surface area contributed by atoms with Gasteiger partial charge in [0.2, 0.25) is 0 Å². The molecule has 0 spiro atoms. The van der Waals surface area contributed by atoms with E-state index in [9.17, 15) is 0 Å². The van der Waals surface area contributed by atoms with Crippen LogP contribution in [0.1, 0.15) is 5.56 Å². The summed E-state index contributed by atoms with van der Waals surface area (Å²) in [4.78, 5) is 0. The molecule has 2 aromatic rings. The molecule has 13 heavy (non-hydrogen) atoms. The van der Waals surface area contributed by atoms with Gasteiger partial charge in [0, 0.05) is 29.7 Å². The number of hydrogen-bond acceptors (Lipinski definition) is 1. The zero-order valence-electron chi connectivity index (χ0n) is 7.41. The quantitative estimate of drug-likeness (QED) is 0.498. The Balaban J connectivity index is 2.84. The molecule has 0 aliphatic heterocycles. The minimum atomic E-state index is 0.122. The lowest BCUT2D eigenvalue weighted by molar-refractivity contribution is 0.969. The third-order valence-corrected chi connectivity index (χ3v) is 2.22. The monoisotopic (exact) mass is 173 g/mol. The number of rotatable bonds is 1. The predicted octanol–water partition coefficient (Wildman–Crippen LogP) is 1.46. The van der Waals surface area contributed by atoms with Crippen LogP contribution in [0.4, 0.5) is 0 Å². The van der Waals surface area contributed by atoms with Crippen molar-refractivity contribution in [3.8, 4) is 0 Å². The van der Waals surface area contributed by atoms with Crippen molar-refractivity contribution in [1.29, 1.82) is 5.41 Å². The minimum Gasteiger partial charge on any atom is -0.384 e. The number of nitrogens with two attached hydrogens (primary N) is 1. The van der Waals surface area contributed by atoms with Crippen molar-refractivity contribution in [2.45, 2.75) is 0 Å². The lowest BCUT2D eigenvalue weighted by Gasteiger charge is -2.01. The van der Waals surface area contributed by atoms with Crippen molar-refractivity contribution in [2.75, 3.05) is 0 Å². The molecule has 1 aromatic heterocycles. The molecule has 1 heterocycles. The standard InChI is InChI=1S/C10H11N3/c1-13-6-5-7-8(10(11)12)3-2-4-9(7)13/h2-6H,1H3,(H3,11,12). The largest absolute Gasteiger partial charge is 0.384 e.